The fourth-order valence-corrected chi connectivity index (χ4v) is 2.63. The van der Waals surface area contributed by atoms with Crippen molar-refractivity contribution in [3.63, 3.8) is 0 Å². The summed E-state index contributed by atoms with van der Waals surface area (Å²) in [5.41, 5.74) is 0.452. The Hall–Kier alpha value is -1.90. The lowest BCUT2D eigenvalue weighted by Crippen LogP contribution is -2.13. The van der Waals surface area contributed by atoms with Crippen LogP contribution >= 0.6 is 46.4 Å². The van der Waals surface area contributed by atoms with Gasteiger partial charge in [0, 0.05) is 0 Å². The van der Waals surface area contributed by atoms with E-state index in [2.05, 4.69) is 5.32 Å². The van der Waals surface area contributed by atoms with Crippen LogP contribution in [0.1, 0.15) is 5.56 Å². The second-order valence-corrected chi connectivity index (χ2v) is 6.16. The molecule has 2 aromatic rings. The normalized spacial score (nSPS) is 11.0. The summed E-state index contributed by atoms with van der Waals surface area (Å²) in [5.74, 6) is -0.953. The molecule has 2 N–H and O–H groups in total. The van der Waals surface area contributed by atoms with Gasteiger partial charge in [-0.2, -0.15) is 5.26 Å². The molecule has 0 aliphatic rings. The molecule has 122 valence electrons. The number of carbonyl (C=O) groups is 1. The third kappa shape index (κ3) is 4.14. The molecule has 8 heteroatoms. The molecule has 0 aliphatic carbocycles. The monoisotopic (exact) mass is 400 g/mol. The van der Waals surface area contributed by atoms with Gasteiger partial charge in [0.25, 0.3) is 5.91 Å². The van der Waals surface area contributed by atoms with Crippen LogP contribution in [0.2, 0.25) is 20.1 Å². The van der Waals surface area contributed by atoms with E-state index in [4.69, 9.17) is 46.4 Å². The van der Waals surface area contributed by atoms with Gasteiger partial charge in [-0.05, 0) is 35.9 Å². The van der Waals surface area contributed by atoms with E-state index in [0.717, 1.165) is 0 Å². The maximum atomic E-state index is 12.2. The Morgan fingerprint density at radius 1 is 1.12 bits per heavy atom. The molecule has 0 unspecified atom stereocenters. The molecule has 2 rings (SSSR count). The summed E-state index contributed by atoms with van der Waals surface area (Å²) in [4.78, 5) is 12.2. The molecule has 0 saturated heterocycles. The van der Waals surface area contributed by atoms with E-state index in [9.17, 15) is 15.2 Å². The maximum Gasteiger partial charge on any atom is 0.266 e. The summed E-state index contributed by atoms with van der Waals surface area (Å²) in [7, 11) is 0. The van der Waals surface area contributed by atoms with E-state index >= 15 is 0 Å². The summed E-state index contributed by atoms with van der Waals surface area (Å²) in [6, 6.07) is 9.26. The highest BCUT2D eigenvalue weighted by atomic mass is 35.5. The molecule has 0 aromatic heterocycles. The zero-order valence-electron chi connectivity index (χ0n) is 11.8. The summed E-state index contributed by atoms with van der Waals surface area (Å²) in [6.45, 7) is 0. The zero-order chi connectivity index (χ0) is 17.9. The molecular formula is C16H8Cl4N2O2. The number of anilines is 1. The first-order valence-electron chi connectivity index (χ1n) is 6.38. The second kappa shape index (κ2) is 7.78. The number of carbonyl (C=O) groups excluding carboxylic acids is 1. The lowest BCUT2D eigenvalue weighted by atomic mass is 10.1. The highest BCUT2D eigenvalue weighted by Crippen LogP contribution is 2.33. The van der Waals surface area contributed by atoms with Gasteiger partial charge in [-0.25, -0.2) is 0 Å². The molecule has 0 bridgehead atoms. The fourth-order valence-electron chi connectivity index (χ4n) is 1.77. The van der Waals surface area contributed by atoms with Crippen LogP contribution in [0, 0.1) is 11.3 Å². The molecule has 0 atom stereocenters. The van der Waals surface area contributed by atoms with E-state index in [1.54, 1.807) is 24.3 Å². The smallest absolute Gasteiger partial charge is 0.266 e. The molecule has 0 saturated carbocycles. The molecule has 4 nitrogen and oxygen atoms in total. The fraction of sp³-hybridized carbons (Fsp3) is 0. The summed E-state index contributed by atoms with van der Waals surface area (Å²) in [6.07, 6.45) is 1.28. The number of halogens is 4. The second-order valence-electron chi connectivity index (χ2n) is 4.56. The van der Waals surface area contributed by atoms with Crippen molar-refractivity contribution in [1.82, 2.24) is 0 Å². The number of nitriles is 1. The molecule has 2 aromatic carbocycles. The van der Waals surface area contributed by atoms with Crippen LogP contribution in [-0.4, -0.2) is 11.0 Å². The van der Waals surface area contributed by atoms with E-state index in [0.29, 0.717) is 5.56 Å². The van der Waals surface area contributed by atoms with Gasteiger partial charge in [0.15, 0.2) is 5.75 Å². The molecular weight excluding hydrogens is 394 g/mol. The number of benzene rings is 2. The van der Waals surface area contributed by atoms with Crippen molar-refractivity contribution >= 4 is 64.1 Å². The van der Waals surface area contributed by atoms with E-state index < -0.39 is 5.91 Å². The maximum absolute atomic E-state index is 12.2. The Morgan fingerprint density at radius 2 is 1.75 bits per heavy atom. The molecule has 0 radical (unpaired) electrons. The molecule has 24 heavy (non-hydrogen) atoms. The van der Waals surface area contributed by atoms with Crippen molar-refractivity contribution in [2.75, 3.05) is 5.32 Å². The number of nitrogens with one attached hydrogen (secondary N) is 1. The van der Waals surface area contributed by atoms with Crippen LogP contribution in [0.25, 0.3) is 6.08 Å². The topological polar surface area (TPSA) is 73.1 Å². The molecule has 0 spiro atoms. The van der Waals surface area contributed by atoms with Crippen molar-refractivity contribution in [1.29, 1.82) is 5.26 Å². The van der Waals surface area contributed by atoms with Crippen molar-refractivity contribution in [3.05, 3.63) is 61.6 Å². The van der Waals surface area contributed by atoms with Gasteiger partial charge in [0.05, 0.1) is 25.8 Å². The van der Waals surface area contributed by atoms with Gasteiger partial charge in [0.2, 0.25) is 0 Å². The Kier molecular flexibility index (Phi) is 5.98. The number of hydrogen-bond donors (Lipinski definition) is 2. The predicted octanol–water partition coefficient (Wildman–Crippen LogP) is 5.55. The first-order valence-corrected chi connectivity index (χ1v) is 7.90. The Labute approximate surface area is 157 Å². The lowest BCUT2D eigenvalue weighted by Gasteiger charge is -2.08. The number of amides is 1. The average Bonchev–Trinajstić information content (AvgIpc) is 2.54. The van der Waals surface area contributed by atoms with E-state index in [1.165, 1.54) is 18.2 Å². The summed E-state index contributed by atoms with van der Waals surface area (Å²) >= 11 is 23.5. The Bertz CT molecular complexity index is 865. The van der Waals surface area contributed by atoms with Crippen LogP contribution in [0.4, 0.5) is 5.69 Å². The van der Waals surface area contributed by atoms with Crippen molar-refractivity contribution in [3.8, 4) is 11.8 Å². The van der Waals surface area contributed by atoms with Crippen molar-refractivity contribution in [2.45, 2.75) is 0 Å². The van der Waals surface area contributed by atoms with Crippen LogP contribution < -0.4 is 5.32 Å². The minimum absolute atomic E-state index is 0.00401. The minimum Gasteiger partial charge on any atom is -0.505 e. The number of rotatable bonds is 3. The largest absolute Gasteiger partial charge is 0.505 e. The van der Waals surface area contributed by atoms with Gasteiger partial charge < -0.3 is 10.4 Å². The van der Waals surface area contributed by atoms with Crippen LogP contribution in [0.15, 0.2) is 35.9 Å². The SMILES string of the molecule is N#C/C(=C/c1cc(Cl)c(O)c(Cl)c1)C(=O)Nc1cccc(Cl)c1Cl. The molecule has 1 amide bonds. The highest BCUT2D eigenvalue weighted by molar-refractivity contribution is 6.44. The van der Waals surface area contributed by atoms with Crippen LogP contribution in [-0.2, 0) is 4.79 Å². The molecule has 0 heterocycles. The number of aromatic hydroxyl groups is 1. The number of phenols is 1. The summed E-state index contributed by atoms with van der Waals surface area (Å²) < 4.78 is 0. The van der Waals surface area contributed by atoms with E-state index in [-0.39, 0.29) is 37.1 Å². The standard InChI is InChI=1S/C16H8Cl4N2O2/c17-10-2-1-3-13(14(10)20)22-16(24)9(7-21)4-8-5-11(18)15(23)12(19)6-8/h1-6,23H,(H,22,24)/b9-4-. The van der Waals surface area contributed by atoms with Gasteiger partial charge in [-0.1, -0.05) is 52.5 Å². The highest BCUT2D eigenvalue weighted by Gasteiger charge is 2.14. The average molecular weight is 402 g/mol. The Morgan fingerprint density at radius 3 is 2.33 bits per heavy atom. The predicted molar refractivity (Wildman–Crippen MR) is 96.8 cm³/mol. The van der Waals surface area contributed by atoms with Crippen LogP contribution in [0.3, 0.4) is 0 Å². The number of phenolic OH excluding ortho intramolecular Hbond substituents is 1. The van der Waals surface area contributed by atoms with E-state index in [1.807, 2.05) is 0 Å². The lowest BCUT2D eigenvalue weighted by molar-refractivity contribution is -0.112. The van der Waals surface area contributed by atoms with Gasteiger partial charge in [-0.3, -0.25) is 4.79 Å². The summed E-state index contributed by atoms with van der Waals surface area (Å²) in [5, 5.41) is 21.7. The number of hydrogen-bond acceptors (Lipinski definition) is 3. The minimum atomic E-state index is -0.679. The van der Waals surface area contributed by atoms with Gasteiger partial charge >= 0.3 is 0 Å². The van der Waals surface area contributed by atoms with Crippen LogP contribution in [0.5, 0.6) is 5.75 Å². The molecule has 0 fully saturated rings. The molecule has 0 aliphatic heterocycles. The van der Waals surface area contributed by atoms with Gasteiger partial charge in [0.1, 0.15) is 11.6 Å². The van der Waals surface area contributed by atoms with Crippen molar-refractivity contribution < 1.29 is 9.90 Å². The Balaban J connectivity index is 2.33. The zero-order valence-corrected chi connectivity index (χ0v) is 14.8. The quantitative estimate of drug-likeness (QED) is 0.522. The van der Waals surface area contributed by atoms with Crippen molar-refractivity contribution in [2.24, 2.45) is 0 Å². The third-order valence-electron chi connectivity index (χ3n) is 2.92. The third-order valence-corrected chi connectivity index (χ3v) is 4.31. The first kappa shape index (κ1) is 18.4. The van der Waals surface area contributed by atoms with Gasteiger partial charge in [-0.15, -0.1) is 0 Å². The first-order chi connectivity index (χ1) is 11.3. The number of nitrogens with zero attached hydrogens (tertiary/aromatic N) is 1.